The maximum absolute atomic E-state index is 6.06. The van der Waals surface area contributed by atoms with Gasteiger partial charge in [-0.15, -0.1) is 33.2 Å². The molecule has 1 nitrogen and oxygen atoms in total. The molecule has 0 N–H and O–H groups in total. The quantitative estimate of drug-likeness (QED) is 0.555. The monoisotopic (exact) mass is 306 g/mol. The van der Waals surface area contributed by atoms with Crippen molar-refractivity contribution in [2.75, 3.05) is 0 Å². The number of hydrogen-bond acceptors (Lipinski definition) is 1. The van der Waals surface area contributed by atoms with E-state index < -0.39 is 22.6 Å². The Morgan fingerprint density at radius 1 is 0.857 bits per heavy atom. The van der Waals surface area contributed by atoms with Gasteiger partial charge in [-0.1, -0.05) is 11.4 Å². The van der Waals surface area contributed by atoms with E-state index in [0.29, 0.717) is 0 Å². The first kappa shape index (κ1) is 15.2. The molecule has 0 saturated heterocycles. The Morgan fingerprint density at radius 3 is 1.57 bits per heavy atom. The Kier molecular flexibility index (Phi) is 5.47. The summed E-state index contributed by atoms with van der Waals surface area (Å²) in [6, 6.07) is -2.64. The van der Waals surface area contributed by atoms with Crippen molar-refractivity contribution in [1.29, 1.82) is 0 Å². The van der Waals surface area contributed by atoms with Crippen LogP contribution in [0.3, 0.4) is 0 Å². The Labute approximate surface area is 104 Å². The molecule has 0 spiro atoms. The fraction of sp³-hybridized carbons (Fsp3) is 0.714. The van der Waals surface area contributed by atoms with E-state index >= 15 is 0 Å². The highest BCUT2D eigenvalue weighted by Crippen LogP contribution is 2.23. The highest BCUT2D eigenvalue weighted by molar-refractivity contribution is 7.66. The van der Waals surface area contributed by atoms with Crippen LogP contribution in [0.2, 0.25) is 32.7 Å². The van der Waals surface area contributed by atoms with Crippen molar-refractivity contribution in [2.45, 2.75) is 32.7 Å². The van der Waals surface area contributed by atoms with Crippen LogP contribution in [0, 0.1) is 0 Å². The first-order chi connectivity index (χ1) is 5.91. The van der Waals surface area contributed by atoms with Gasteiger partial charge in [-0.05, 0) is 32.7 Å². The largest absolute Gasteiger partial charge is 0.453 e. The van der Waals surface area contributed by atoms with E-state index in [2.05, 4.69) is 32.7 Å². The van der Waals surface area contributed by atoms with Crippen LogP contribution in [0.4, 0.5) is 0 Å². The molecule has 0 heterocycles. The summed E-state index contributed by atoms with van der Waals surface area (Å²) in [7, 11) is -3.28. The lowest BCUT2D eigenvalue weighted by Crippen LogP contribution is -2.41. The lowest BCUT2D eigenvalue weighted by molar-refractivity contribution is 0.565. The van der Waals surface area contributed by atoms with E-state index in [0.717, 1.165) is 0 Å². The van der Waals surface area contributed by atoms with Crippen LogP contribution in [0.15, 0.2) is 11.4 Å². The molecule has 0 radical (unpaired) electrons. The second kappa shape index (κ2) is 5.03. The SMILES string of the molecule is C[Si](C)(C)O[Si](C)(C)/C=C/[Si](Cl)(Cl)Cl. The van der Waals surface area contributed by atoms with Crippen LogP contribution in [-0.2, 0) is 4.12 Å². The molecule has 0 aromatic carbocycles. The average molecular weight is 308 g/mol. The topological polar surface area (TPSA) is 9.23 Å². The zero-order chi connectivity index (χ0) is 11.6. The van der Waals surface area contributed by atoms with Gasteiger partial charge < -0.3 is 4.12 Å². The maximum Gasteiger partial charge on any atom is 0.365 e. The van der Waals surface area contributed by atoms with E-state index in [-0.39, 0.29) is 0 Å². The third-order valence-corrected chi connectivity index (χ3v) is 8.78. The maximum atomic E-state index is 6.06. The molecule has 14 heavy (non-hydrogen) atoms. The lowest BCUT2D eigenvalue weighted by atomic mass is 11.2. The van der Waals surface area contributed by atoms with Crippen LogP contribution in [-0.4, -0.2) is 22.6 Å². The van der Waals surface area contributed by atoms with E-state index in [1.165, 1.54) is 0 Å². The second-order valence-corrected chi connectivity index (χ2v) is 21.8. The Bertz CT molecular complexity index is 217. The standard InChI is InChI=1S/C7H17Cl3OSi3/c1-12(2,3)11-13(4,5)6-7-14(8,9)10/h6-7H,1-5H3/b7-6+. The molecule has 0 fully saturated rings. The summed E-state index contributed by atoms with van der Waals surface area (Å²) < 4.78 is 6.06. The summed E-state index contributed by atoms with van der Waals surface area (Å²) in [4.78, 5) is 0. The molecule has 0 rings (SSSR count). The molecule has 0 aliphatic heterocycles. The third-order valence-electron chi connectivity index (χ3n) is 1.24. The Balaban J connectivity index is 4.43. The van der Waals surface area contributed by atoms with Crippen molar-refractivity contribution in [2.24, 2.45) is 0 Å². The lowest BCUT2D eigenvalue weighted by Gasteiger charge is -2.29. The van der Waals surface area contributed by atoms with Crippen LogP contribution in [0.25, 0.3) is 0 Å². The van der Waals surface area contributed by atoms with Gasteiger partial charge in [-0.3, -0.25) is 0 Å². The average Bonchev–Trinajstić information content (AvgIpc) is 1.76. The van der Waals surface area contributed by atoms with Gasteiger partial charge in [0.1, 0.15) is 0 Å². The molecule has 7 heteroatoms. The Morgan fingerprint density at radius 2 is 1.29 bits per heavy atom. The molecule has 0 unspecified atom stereocenters. The molecule has 0 aliphatic rings. The fourth-order valence-electron chi connectivity index (χ4n) is 1.12. The summed E-state index contributed by atoms with van der Waals surface area (Å²) in [6.07, 6.45) is 0. The van der Waals surface area contributed by atoms with Crippen LogP contribution < -0.4 is 0 Å². The number of rotatable bonds is 4. The van der Waals surface area contributed by atoms with Gasteiger partial charge in [0.2, 0.25) is 0 Å². The van der Waals surface area contributed by atoms with E-state index in [1.54, 1.807) is 5.70 Å². The predicted molar refractivity (Wildman–Crippen MR) is 74.4 cm³/mol. The minimum atomic E-state index is -2.64. The summed E-state index contributed by atoms with van der Waals surface area (Å²) >= 11 is 17.3. The molecular formula is C7H17Cl3OSi3. The summed E-state index contributed by atoms with van der Waals surface area (Å²) in [5.41, 5.74) is 3.72. The molecule has 0 aliphatic carbocycles. The predicted octanol–water partition coefficient (Wildman–Crippen LogP) is 4.33. The molecule has 0 aromatic heterocycles. The van der Waals surface area contributed by atoms with Gasteiger partial charge in [-0.25, -0.2) is 0 Å². The molecule has 0 bridgehead atoms. The number of halogens is 3. The van der Waals surface area contributed by atoms with Crippen molar-refractivity contribution in [1.82, 2.24) is 0 Å². The minimum absolute atomic E-state index is 1.49. The highest BCUT2D eigenvalue weighted by atomic mass is 35.8. The van der Waals surface area contributed by atoms with E-state index in [4.69, 9.17) is 37.4 Å². The van der Waals surface area contributed by atoms with Crippen molar-refractivity contribution >= 4 is 55.9 Å². The zero-order valence-electron chi connectivity index (χ0n) is 9.20. The summed E-state index contributed by atoms with van der Waals surface area (Å²) in [5.74, 6) is 0. The van der Waals surface area contributed by atoms with Crippen molar-refractivity contribution in [3.8, 4) is 0 Å². The molecular weight excluding hydrogens is 291 g/mol. The molecule has 84 valence electrons. The first-order valence-electron chi connectivity index (χ1n) is 4.39. The van der Waals surface area contributed by atoms with E-state index in [9.17, 15) is 0 Å². The second-order valence-electron chi connectivity index (χ2n) is 4.69. The van der Waals surface area contributed by atoms with Gasteiger partial charge in [0.15, 0.2) is 16.6 Å². The normalized spacial score (nSPS) is 15.1. The van der Waals surface area contributed by atoms with Gasteiger partial charge in [0, 0.05) is 0 Å². The zero-order valence-corrected chi connectivity index (χ0v) is 14.5. The van der Waals surface area contributed by atoms with Crippen LogP contribution >= 0.6 is 33.2 Å². The smallest absolute Gasteiger partial charge is 0.365 e. The molecule has 0 aromatic rings. The van der Waals surface area contributed by atoms with Crippen LogP contribution in [0.1, 0.15) is 0 Å². The van der Waals surface area contributed by atoms with Crippen molar-refractivity contribution in [3.05, 3.63) is 11.4 Å². The van der Waals surface area contributed by atoms with Crippen molar-refractivity contribution < 1.29 is 4.12 Å². The first-order valence-corrected chi connectivity index (χ1v) is 15.9. The summed E-state index contributed by atoms with van der Waals surface area (Å²) in [5, 5.41) is 0. The molecule has 0 atom stereocenters. The number of hydrogen-bond donors (Lipinski definition) is 0. The fourth-order valence-corrected chi connectivity index (χ4v) is 11.8. The van der Waals surface area contributed by atoms with Gasteiger partial charge in [0.05, 0.1) is 0 Å². The third kappa shape index (κ3) is 9.76. The van der Waals surface area contributed by atoms with Crippen LogP contribution in [0.5, 0.6) is 0 Å². The highest BCUT2D eigenvalue weighted by Gasteiger charge is 2.29. The molecule has 0 amide bonds. The van der Waals surface area contributed by atoms with Gasteiger partial charge in [0.25, 0.3) is 0 Å². The van der Waals surface area contributed by atoms with Gasteiger partial charge in [-0.2, -0.15) is 0 Å². The Hall–Kier alpha value is 1.22. The molecule has 0 saturated carbocycles. The summed E-state index contributed by atoms with van der Waals surface area (Å²) in [6.45, 7) is 10.7. The van der Waals surface area contributed by atoms with Crippen molar-refractivity contribution in [3.63, 3.8) is 0 Å². The minimum Gasteiger partial charge on any atom is -0.453 e. The van der Waals surface area contributed by atoms with Gasteiger partial charge >= 0.3 is 6.00 Å². The van der Waals surface area contributed by atoms with E-state index in [1.807, 2.05) is 5.70 Å².